The Morgan fingerprint density at radius 1 is 0.889 bits per heavy atom. The summed E-state index contributed by atoms with van der Waals surface area (Å²) in [6.07, 6.45) is -4.96. The van der Waals surface area contributed by atoms with Crippen LogP contribution >= 0.6 is 11.6 Å². The molecule has 0 spiro atoms. The van der Waals surface area contributed by atoms with Gasteiger partial charge in [0.25, 0.3) is 5.56 Å². The van der Waals surface area contributed by atoms with E-state index in [-0.39, 0.29) is 38.3 Å². The van der Waals surface area contributed by atoms with E-state index in [0.29, 0.717) is 5.75 Å². The van der Waals surface area contributed by atoms with E-state index in [1.54, 1.807) is 24.3 Å². The number of hydrogen-bond acceptors (Lipinski definition) is 4. The topological polar surface area (TPSA) is 62.5 Å². The summed E-state index contributed by atoms with van der Waals surface area (Å²) >= 11 is 6.13. The van der Waals surface area contributed by atoms with Gasteiger partial charge < -0.3 is 9.47 Å². The molecular weight excluding hydrogens is 504 g/mol. The van der Waals surface area contributed by atoms with Gasteiger partial charge in [-0.25, -0.2) is 13.8 Å². The number of para-hydroxylation sites is 2. The molecule has 0 saturated heterocycles. The molecule has 0 unspecified atom stereocenters. The van der Waals surface area contributed by atoms with Crippen molar-refractivity contribution in [3.8, 4) is 22.9 Å². The van der Waals surface area contributed by atoms with Crippen molar-refractivity contribution in [2.45, 2.75) is 12.8 Å². The Hall–Kier alpha value is -4.05. The van der Waals surface area contributed by atoms with Crippen molar-refractivity contribution >= 4 is 11.6 Å². The first-order valence-corrected chi connectivity index (χ1v) is 10.8. The molecule has 0 amide bonds. The Labute approximate surface area is 206 Å². The Balaban J connectivity index is 1.73. The molecule has 4 aromatic rings. The molecule has 3 aromatic carbocycles. The first-order chi connectivity index (χ1) is 17.1. The third-order valence-electron chi connectivity index (χ3n) is 5.16. The van der Waals surface area contributed by atoms with Gasteiger partial charge in [-0.15, -0.1) is 0 Å². The summed E-state index contributed by atoms with van der Waals surface area (Å²) in [5.74, 6) is -0.746. The highest BCUT2D eigenvalue weighted by molar-refractivity contribution is 6.32. The lowest BCUT2D eigenvalue weighted by atomic mass is 10.2. The molecule has 1 aromatic heterocycles. The molecule has 0 N–H and O–H groups in total. The fourth-order valence-corrected chi connectivity index (χ4v) is 3.58. The average molecular weight is 521 g/mol. The molecular formula is C25H17ClF4N2O4. The average Bonchev–Trinajstić information content (AvgIpc) is 2.83. The maximum atomic E-state index is 14.8. The van der Waals surface area contributed by atoms with Gasteiger partial charge in [0.15, 0.2) is 11.5 Å². The van der Waals surface area contributed by atoms with Gasteiger partial charge in [-0.05, 0) is 23.8 Å². The van der Waals surface area contributed by atoms with E-state index in [0.717, 1.165) is 24.7 Å². The van der Waals surface area contributed by atoms with Gasteiger partial charge in [-0.1, -0.05) is 54.1 Å². The smallest absolute Gasteiger partial charge is 0.431 e. The quantitative estimate of drug-likeness (QED) is 0.305. The van der Waals surface area contributed by atoms with Crippen LogP contribution in [0.1, 0.15) is 11.3 Å². The second kappa shape index (κ2) is 9.90. The van der Waals surface area contributed by atoms with Gasteiger partial charge in [0.1, 0.15) is 23.9 Å². The van der Waals surface area contributed by atoms with E-state index in [9.17, 15) is 27.2 Å². The minimum Gasteiger partial charge on any atom is -0.485 e. The summed E-state index contributed by atoms with van der Waals surface area (Å²) in [5.41, 5.74) is -3.97. The molecule has 0 atom stereocenters. The van der Waals surface area contributed by atoms with E-state index in [1.807, 2.05) is 30.3 Å². The Bertz CT molecular complexity index is 1530. The monoisotopic (exact) mass is 520 g/mol. The summed E-state index contributed by atoms with van der Waals surface area (Å²) in [7, 11) is 0.826. The van der Waals surface area contributed by atoms with Crippen LogP contribution in [0.15, 0.2) is 82.4 Å². The SMILES string of the molecule is Cn1c(C(F)(F)F)cc(=O)n(-c2cc(Oc3ccccc3OCc3ccccc3)c(Cl)cc2F)c1=O. The summed E-state index contributed by atoms with van der Waals surface area (Å²) in [4.78, 5) is 25.0. The molecule has 4 rings (SSSR count). The van der Waals surface area contributed by atoms with Crippen LogP contribution in [0.2, 0.25) is 5.02 Å². The normalized spacial score (nSPS) is 11.4. The largest absolute Gasteiger partial charge is 0.485 e. The van der Waals surface area contributed by atoms with E-state index >= 15 is 0 Å². The molecule has 0 fully saturated rings. The van der Waals surface area contributed by atoms with Crippen LogP contribution in [-0.2, 0) is 19.8 Å². The number of alkyl halides is 3. The van der Waals surface area contributed by atoms with Crippen LogP contribution in [0, 0.1) is 5.82 Å². The third kappa shape index (κ3) is 5.13. The van der Waals surface area contributed by atoms with E-state index < -0.39 is 34.6 Å². The number of rotatable bonds is 6. The second-order valence-electron chi connectivity index (χ2n) is 7.60. The first kappa shape index (κ1) is 25.1. The predicted octanol–water partition coefficient (Wildman–Crippen LogP) is 5.72. The van der Waals surface area contributed by atoms with Crippen molar-refractivity contribution in [1.82, 2.24) is 9.13 Å². The lowest BCUT2D eigenvalue weighted by molar-refractivity contribution is -0.144. The molecule has 0 bridgehead atoms. The molecule has 0 radical (unpaired) electrons. The third-order valence-corrected chi connectivity index (χ3v) is 5.45. The van der Waals surface area contributed by atoms with Gasteiger partial charge in [0.2, 0.25) is 0 Å². The number of aromatic nitrogens is 2. The standard InChI is InChI=1S/C25H17ClF4N2O4/c1-31-22(25(28,29)30)13-23(33)32(24(31)34)18-12-21(16(26)11-17(18)27)36-20-10-6-5-9-19(20)35-14-15-7-3-2-4-8-15/h2-13H,14H2,1H3. The van der Waals surface area contributed by atoms with Crippen LogP contribution in [0.5, 0.6) is 17.2 Å². The van der Waals surface area contributed by atoms with Crippen LogP contribution in [0.3, 0.4) is 0 Å². The number of ether oxygens (including phenoxy) is 2. The first-order valence-electron chi connectivity index (χ1n) is 10.4. The summed E-state index contributed by atoms with van der Waals surface area (Å²) < 4.78 is 66.4. The van der Waals surface area contributed by atoms with E-state index in [4.69, 9.17) is 21.1 Å². The van der Waals surface area contributed by atoms with Crippen LogP contribution in [-0.4, -0.2) is 9.13 Å². The zero-order chi connectivity index (χ0) is 26.0. The fourth-order valence-electron chi connectivity index (χ4n) is 3.39. The van der Waals surface area contributed by atoms with Crippen molar-refractivity contribution in [2.24, 2.45) is 7.05 Å². The maximum absolute atomic E-state index is 14.8. The highest BCUT2D eigenvalue weighted by Crippen LogP contribution is 2.37. The lowest BCUT2D eigenvalue weighted by Crippen LogP contribution is -2.41. The molecule has 0 aliphatic heterocycles. The van der Waals surface area contributed by atoms with Crippen molar-refractivity contribution in [2.75, 3.05) is 0 Å². The fraction of sp³-hybridized carbons (Fsp3) is 0.120. The lowest BCUT2D eigenvalue weighted by Gasteiger charge is -2.16. The van der Waals surface area contributed by atoms with Crippen LogP contribution in [0.4, 0.5) is 17.6 Å². The van der Waals surface area contributed by atoms with Gasteiger partial charge in [-0.3, -0.25) is 9.36 Å². The Morgan fingerprint density at radius 2 is 1.53 bits per heavy atom. The number of hydrogen-bond donors (Lipinski definition) is 0. The summed E-state index contributed by atoms with van der Waals surface area (Å²) in [5, 5.41) is -0.203. The number of halogens is 5. The summed E-state index contributed by atoms with van der Waals surface area (Å²) in [6, 6.07) is 17.8. The van der Waals surface area contributed by atoms with Crippen molar-refractivity contribution < 1.29 is 27.0 Å². The van der Waals surface area contributed by atoms with Gasteiger partial charge in [0, 0.05) is 19.2 Å². The number of nitrogens with zero attached hydrogens (tertiary/aromatic N) is 2. The minimum atomic E-state index is -4.96. The maximum Gasteiger partial charge on any atom is 0.431 e. The van der Waals surface area contributed by atoms with Crippen LogP contribution < -0.4 is 20.7 Å². The molecule has 11 heteroatoms. The van der Waals surface area contributed by atoms with Gasteiger partial charge in [0.05, 0.1) is 10.7 Å². The molecule has 36 heavy (non-hydrogen) atoms. The molecule has 0 aliphatic rings. The second-order valence-corrected chi connectivity index (χ2v) is 8.01. The predicted molar refractivity (Wildman–Crippen MR) is 125 cm³/mol. The number of benzene rings is 3. The van der Waals surface area contributed by atoms with Gasteiger partial charge >= 0.3 is 11.9 Å². The zero-order valence-electron chi connectivity index (χ0n) is 18.6. The van der Waals surface area contributed by atoms with Crippen molar-refractivity contribution in [3.05, 3.63) is 116 Å². The Morgan fingerprint density at radius 3 is 2.19 bits per heavy atom. The van der Waals surface area contributed by atoms with E-state index in [2.05, 4.69) is 0 Å². The molecule has 186 valence electrons. The van der Waals surface area contributed by atoms with Crippen molar-refractivity contribution in [3.63, 3.8) is 0 Å². The molecule has 6 nitrogen and oxygen atoms in total. The van der Waals surface area contributed by atoms with E-state index in [1.165, 1.54) is 0 Å². The molecule has 1 heterocycles. The van der Waals surface area contributed by atoms with Gasteiger partial charge in [-0.2, -0.15) is 13.2 Å². The van der Waals surface area contributed by atoms with Crippen molar-refractivity contribution in [1.29, 1.82) is 0 Å². The molecule has 0 aliphatic carbocycles. The minimum absolute atomic E-state index is 0.155. The highest BCUT2D eigenvalue weighted by atomic mass is 35.5. The summed E-state index contributed by atoms with van der Waals surface area (Å²) in [6.45, 7) is 0.223. The van der Waals surface area contributed by atoms with Crippen LogP contribution in [0.25, 0.3) is 5.69 Å². The zero-order valence-corrected chi connectivity index (χ0v) is 19.3. The molecule has 0 saturated carbocycles. The highest BCUT2D eigenvalue weighted by Gasteiger charge is 2.35. The Kier molecular flexibility index (Phi) is 6.89.